The van der Waals surface area contributed by atoms with Crippen molar-refractivity contribution < 1.29 is 9.90 Å². The molecule has 0 aliphatic heterocycles. The van der Waals surface area contributed by atoms with Crippen LogP contribution in [0.4, 0.5) is 0 Å². The van der Waals surface area contributed by atoms with Crippen molar-refractivity contribution in [1.29, 1.82) is 0 Å². The number of nitrogens with two attached hydrogens (primary N) is 1. The summed E-state index contributed by atoms with van der Waals surface area (Å²) in [5.41, 5.74) is 6.07. The van der Waals surface area contributed by atoms with Crippen LogP contribution in [0.25, 0.3) is 0 Å². The fraction of sp³-hybridized carbons (Fsp3) is 0.500. The summed E-state index contributed by atoms with van der Waals surface area (Å²) in [5.74, 6) is 0.169. The number of para-hydroxylation sites is 1. The van der Waals surface area contributed by atoms with Crippen molar-refractivity contribution in [3.05, 3.63) is 29.8 Å². The highest BCUT2D eigenvalue weighted by molar-refractivity contribution is 5.96. The molecule has 2 unspecified atom stereocenters. The minimum atomic E-state index is -0.210. The lowest BCUT2D eigenvalue weighted by Crippen LogP contribution is -2.44. The molecule has 1 aliphatic rings. The van der Waals surface area contributed by atoms with Crippen LogP contribution in [-0.4, -0.2) is 23.6 Å². The summed E-state index contributed by atoms with van der Waals surface area (Å²) in [7, 11) is 0. The average molecular weight is 248 g/mol. The van der Waals surface area contributed by atoms with E-state index in [1.165, 1.54) is 12.5 Å². The lowest BCUT2D eigenvalue weighted by molar-refractivity contribution is 0.0905. The summed E-state index contributed by atoms with van der Waals surface area (Å²) >= 11 is 0. The van der Waals surface area contributed by atoms with E-state index in [4.69, 9.17) is 5.73 Å². The Bertz CT molecular complexity index is 420. The van der Waals surface area contributed by atoms with E-state index >= 15 is 0 Å². The fourth-order valence-electron chi connectivity index (χ4n) is 2.59. The van der Waals surface area contributed by atoms with Gasteiger partial charge in [-0.05, 0) is 37.4 Å². The van der Waals surface area contributed by atoms with Crippen molar-refractivity contribution in [2.24, 2.45) is 11.7 Å². The first-order valence-electron chi connectivity index (χ1n) is 6.51. The van der Waals surface area contributed by atoms with Gasteiger partial charge < -0.3 is 16.2 Å². The van der Waals surface area contributed by atoms with Gasteiger partial charge in [0.25, 0.3) is 5.91 Å². The van der Waals surface area contributed by atoms with E-state index in [1.54, 1.807) is 18.2 Å². The van der Waals surface area contributed by atoms with Gasteiger partial charge in [-0.1, -0.05) is 25.0 Å². The molecule has 1 aromatic rings. The molecule has 2 atom stereocenters. The Morgan fingerprint density at radius 3 is 2.78 bits per heavy atom. The highest BCUT2D eigenvalue weighted by atomic mass is 16.3. The number of hydrogen-bond donors (Lipinski definition) is 3. The first-order valence-corrected chi connectivity index (χ1v) is 6.51. The number of nitrogens with one attached hydrogen (secondary N) is 1. The molecule has 0 radical (unpaired) electrons. The SMILES string of the molecule is NCC1CCCCC1NC(=O)c1ccccc1O. The van der Waals surface area contributed by atoms with Gasteiger partial charge in [0.1, 0.15) is 5.75 Å². The molecule has 4 N–H and O–H groups in total. The molecule has 0 aromatic heterocycles. The highest BCUT2D eigenvalue weighted by Gasteiger charge is 2.26. The molecule has 2 rings (SSSR count). The molecule has 1 fully saturated rings. The molecule has 4 heteroatoms. The van der Waals surface area contributed by atoms with Crippen LogP contribution in [0.15, 0.2) is 24.3 Å². The Morgan fingerprint density at radius 1 is 1.33 bits per heavy atom. The van der Waals surface area contributed by atoms with Crippen molar-refractivity contribution in [2.45, 2.75) is 31.7 Å². The first kappa shape index (κ1) is 12.9. The topological polar surface area (TPSA) is 75.3 Å². The number of phenolic OH excluding ortho intramolecular Hbond substituents is 1. The molecule has 1 aromatic carbocycles. The minimum absolute atomic E-state index is 0.0232. The second-order valence-corrected chi connectivity index (χ2v) is 4.88. The van der Waals surface area contributed by atoms with Gasteiger partial charge in [-0.3, -0.25) is 4.79 Å². The van der Waals surface area contributed by atoms with E-state index in [-0.39, 0.29) is 17.7 Å². The monoisotopic (exact) mass is 248 g/mol. The molecule has 0 spiro atoms. The fourth-order valence-corrected chi connectivity index (χ4v) is 2.59. The summed E-state index contributed by atoms with van der Waals surface area (Å²) in [5, 5.41) is 12.6. The van der Waals surface area contributed by atoms with Gasteiger partial charge in [0.05, 0.1) is 5.56 Å². The number of carbonyl (C=O) groups excluding carboxylic acids is 1. The van der Waals surface area contributed by atoms with Crippen LogP contribution in [-0.2, 0) is 0 Å². The maximum Gasteiger partial charge on any atom is 0.255 e. The molecule has 4 nitrogen and oxygen atoms in total. The summed E-state index contributed by atoms with van der Waals surface area (Å²) < 4.78 is 0. The molecule has 0 saturated heterocycles. The maximum absolute atomic E-state index is 12.1. The second-order valence-electron chi connectivity index (χ2n) is 4.88. The predicted molar refractivity (Wildman–Crippen MR) is 70.4 cm³/mol. The minimum Gasteiger partial charge on any atom is -0.507 e. The summed E-state index contributed by atoms with van der Waals surface area (Å²) in [6.45, 7) is 0.603. The Balaban J connectivity index is 2.04. The van der Waals surface area contributed by atoms with Gasteiger partial charge in [-0.2, -0.15) is 0 Å². The number of rotatable bonds is 3. The van der Waals surface area contributed by atoms with Crippen LogP contribution < -0.4 is 11.1 Å². The zero-order valence-corrected chi connectivity index (χ0v) is 10.4. The zero-order valence-electron chi connectivity index (χ0n) is 10.4. The van der Waals surface area contributed by atoms with Gasteiger partial charge in [-0.25, -0.2) is 0 Å². The standard InChI is InChI=1S/C14H20N2O2/c15-9-10-5-1-3-7-12(10)16-14(18)11-6-2-4-8-13(11)17/h2,4,6,8,10,12,17H,1,3,5,7,9,15H2,(H,16,18). The van der Waals surface area contributed by atoms with Crippen LogP contribution in [0.3, 0.4) is 0 Å². The molecule has 0 heterocycles. The Hall–Kier alpha value is -1.55. The second kappa shape index (κ2) is 5.87. The maximum atomic E-state index is 12.1. The number of amides is 1. The van der Waals surface area contributed by atoms with E-state index in [0.717, 1.165) is 19.3 Å². The van der Waals surface area contributed by atoms with E-state index in [2.05, 4.69) is 5.32 Å². The molecule has 98 valence electrons. The molecule has 1 amide bonds. The number of aromatic hydroxyl groups is 1. The Labute approximate surface area is 107 Å². The van der Waals surface area contributed by atoms with E-state index in [9.17, 15) is 9.90 Å². The number of hydrogen-bond acceptors (Lipinski definition) is 3. The van der Waals surface area contributed by atoms with Crippen LogP contribution >= 0.6 is 0 Å². The van der Waals surface area contributed by atoms with E-state index in [1.807, 2.05) is 0 Å². The van der Waals surface area contributed by atoms with Crippen molar-refractivity contribution >= 4 is 5.91 Å². The summed E-state index contributed by atoms with van der Waals surface area (Å²) in [6.07, 6.45) is 4.36. The molecule has 1 aliphatic carbocycles. The van der Waals surface area contributed by atoms with Crippen LogP contribution in [0.1, 0.15) is 36.0 Å². The van der Waals surface area contributed by atoms with Crippen molar-refractivity contribution in [1.82, 2.24) is 5.32 Å². The molecule has 18 heavy (non-hydrogen) atoms. The van der Waals surface area contributed by atoms with Crippen LogP contribution in [0, 0.1) is 5.92 Å². The lowest BCUT2D eigenvalue weighted by atomic mass is 9.84. The van der Waals surface area contributed by atoms with Gasteiger partial charge in [-0.15, -0.1) is 0 Å². The van der Waals surface area contributed by atoms with E-state index < -0.39 is 0 Å². The average Bonchev–Trinajstić information content (AvgIpc) is 2.39. The summed E-state index contributed by atoms with van der Waals surface area (Å²) in [6, 6.07) is 6.74. The van der Waals surface area contributed by atoms with Gasteiger partial charge in [0.15, 0.2) is 0 Å². The Kier molecular flexibility index (Phi) is 4.20. The molecule has 1 saturated carbocycles. The first-order chi connectivity index (χ1) is 8.72. The van der Waals surface area contributed by atoms with Crippen LogP contribution in [0.2, 0.25) is 0 Å². The largest absolute Gasteiger partial charge is 0.507 e. The van der Waals surface area contributed by atoms with E-state index in [0.29, 0.717) is 18.0 Å². The highest BCUT2D eigenvalue weighted by Crippen LogP contribution is 2.24. The summed E-state index contributed by atoms with van der Waals surface area (Å²) in [4.78, 5) is 12.1. The molecule has 0 bridgehead atoms. The number of phenols is 1. The van der Waals surface area contributed by atoms with Crippen LogP contribution in [0.5, 0.6) is 5.75 Å². The van der Waals surface area contributed by atoms with Crippen molar-refractivity contribution in [3.63, 3.8) is 0 Å². The van der Waals surface area contributed by atoms with Gasteiger partial charge in [0.2, 0.25) is 0 Å². The van der Waals surface area contributed by atoms with Crippen molar-refractivity contribution in [3.8, 4) is 5.75 Å². The number of carbonyl (C=O) groups is 1. The lowest BCUT2D eigenvalue weighted by Gasteiger charge is -2.31. The smallest absolute Gasteiger partial charge is 0.255 e. The third kappa shape index (κ3) is 2.82. The quantitative estimate of drug-likeness (QED) is 0.761. The molecular formula is C14H20N2O2. The van der Waals surface area contributed by atoms with Gasteiger partial charge >= 0.3 is 0 Å². The normalized spacial score (nSPS) is 23.6. The van der Waals surface area contributed by atoms with Crippen molar-refractivity contribution in [2.75, 3.05) is 6.54 Å². The third-order valence-corrected chi connectivity index (χ3v) is 3.68. The molecular weight excluding hydrogens is 228 g/mol. The zero-order chi connectivity index (χ0) is 13.0. The predicted octanol–water partition coefficient (Wildman–Crippen LogP) is 1.64. The third-order valence-electron chi connectivity index (χ3n) is 3.68. The van der Waals surface area contributed by atoms with Gasteiger partial charge in [0, 0.05) is 6.04 Å². The number of benzene rings is 1. The Morgan fingerprint density at radius 2 is 2.06 bits per heavy atom.